The molecule has 3 rings (SSSR count). The molecule has 2 N–H and O–H groups in total. The number of aliphatic carboxylic acids is 1. The van der Waals surface area contributed by atoms with E-state index in [4.69, 9.17) is 16.7 Å². The molecule has 0 unspecified atom stereocenters. The molecule has 0 amide bonds. The maximum absolute atomic E-state index is 14.6. The van der Waals surface area contributed by atoms with Crippen LogP contribution in [0.3, 0.4) is 0 Å². The second-order valence-electron chi connectivity index (χ2n) is 5.51. The van der Waals surface area contributed by atoms with E-state index >= 15 is 0 Å². The van der Waals surface area contributed by atoms with Crippen molar-refractivity contribution in [2.75, 3.05) is 0 Å². The smallest absolute Gasteiger partial charge is 0.335 e. The molecule has 0 aliphatic carbocycles. The lowest BCUT2D eigenvalue weighted by Crippen LogP contribution is -2.06. The minimum atomic E-state index is -1.25. The number of pyridine rings is 1. The van der Waals surface area contributed by atoms with Crippen LogP contribution in [-0.4, -0.2) is 31.5 Å². The van der Waals surface area contributed by atoms with Crippen LogP contribution in [-0.2, 0) is 11.2 Å². The lowest BCUT2D eigenvalue weighted by molar-refractivity contribution is -0.136. The number of aromatic nitrogens is 2. The van der Waals surface area contributed by atoms with E-state index in [-0.39, 0.29) is 28.9 Å². The normalized spacial score (nSPS) is 11.0. The third-order valence-electron chi connectivity index (χ3n) is 3.78. The summed E-state index contributed by atoms with van der Waals surface area (Å²) in [5.41, 5.74) is 1.03. The van der Waals surface area contributed by atoms with Gasteiger partial charge in [-0.25, -0.2) is 14.2 Å². The summed E-state index contributed by atoms with van der Waals surface area (Å²) in [5, 5.41) is 18.6. The molecule has 25 heavy (non-hydrogen) atoms. The molecule has 0 radical (unpaired) electrons. The van der Waals surface area contributed by atoms with Gasteiger partial charge in [-0.1, -0.05) is 11.6 Å². The van der Waals surface area contributed by atoms with Gasteiger partial charge in [-0.2, -0.15) is 0 Å². The maximum atomic E-state index is 14.6. The lowest BCUT2D eigenvalue weighted by Gasteiger charge is -2.09. The molecule has 0 atom stereocenters. The van der Waals surface area contributed by atoms with Crippen LogP contribution < -0.4 is 0 Å². The van der Waals surface area contributed by atoms with Gasteiger partial charge in [-0.05, 0) is 30.7 Å². The van der Waals surface area contributed by atoms with Crippen LogP contribution in [0.1, 0.15) is 21.6 Å². The van der Waals surface area contributed by atoms with Crippen molar-refractivity contribution in [3.63, 3.8) is 0 Å². The van der Waals surface area contributed by atoms with E-state index in [0.29, 0.717) is 16.2 Å². The van der Waals surface area contributed by atoms with E-state index in [1.54, 1.807) is 19.2 Å². The van der Waals surface area contributed by atoms with Crippen LogP contribution in [0.2, 0.25) is 5.02 Å². The molecule has 0 spiro atoms. The first kappa shape index (κ1) is 16.9. The van der Waals surface area contributed by atoms with Crippen molar-refractivity contribution >= 4 is 29.2 Å². The third kappa shape index (κ3) is 3.06. The van der Waals surface area contributed by atoms with Gasteiger partial charge in [0.1, 0.15) is 11.5 Å². The van der Waals surface area contributed by atoms with Crippen molar-refractivity contribution in [2.45, 2.75) is 13.3 Å². The van der Waals surface area contributed by atoms with Gasteiger partial charge in [-0.15, -0.1) is 0 Å². The van der Waals surface area contributed by atoms with E-state index in [2.05, 4.69) is 4.98 Å². The second-order valence-corrected chi connectivity index (χ2v) is 5.94. The number of halogens is 2. The van der Waals surface area contributed by atoms with Gasteiger partial charge in [-0.3, -0.25) is 4.79 Å². The lowest BCUT2D eigenvalue weighted by atomic mass is 9.99. The fourth-order valence-corrected chi connectivity index (χ4v) is 2.90. The van der Waals surface area contributed by atoms with E-state index in [1.807, 2.05) is 0 Å². The number of aromatic carboxylic acids is 1. The molecule has 0 aliphatic rings. The van der Waals surface area contributed by atoms with Crippen molar-refractivity contribution in [1.29, 1.82) is 0 Å². The summed E-state index contributed by atoms with van der Waals surface area (Å²) in [6.07, 6.45) is 1.18. The largest absolute Gasteiger partial charge is 0.481 e. The number of imidazole rings is 1. The van der Waals surface area contributed by atoms with Crippen molar-refractivity contribution in [3.05, 3.63) is 58.1 Å². The average molecular weight is 363 g/mol. The summed E-state index contributed by atoms with van der Waals surface area (Å²) in [6.45, 7) is 1.55. The van der Waals surface area contributed by atoms with Crippen LogP contribution in [0.25, 0.3) is 16.9 Å². The highest BCUT2D eigenvalue weighted by Crippen LogP contribution is 2.31. The summed E-state index contributed by atoms with van der Waals surface area (Å²) in [4.78, 5) is 26.6. The zero-order chi connectivity index (χ0) is 18.3. The van der Waals surface area contributed by atoms with Gasteiger partial charge in [0, 0.05) is 22.8 Å². The fourth-order valence-electron chi connectivity index (χ4n) is 2.75. The predicted octanol–water partition coefficient (Wildman–Crippen LogP) is 3.43. The summed E-state index contributed by atoms with van der Waals surface area (Å²) in [6, 6.07) is 5.33. The molecule has 6 nitrogen and oxygen atoms in total. The zero-order valence-corrected chi connectivity index (χ0v) is 13.7. The van der Waals surface area contributed by atoms with Crippen LogP contribution in [0.15, 0.2) is 30.5 Å². The summed E-state index contributed by atoms with van der Waals surface area (Å²) in [5.74, 6) is -3.13. The van der Waals surface area contributed by atoms with E-state index in [9.17, 15) is 19.1 Å². The SMILES string of the molecule is Cc1cc(C(=O)O)cc(F)c1-c1nc2cc(Cl)ccn2c1CC(=O)O. The Kier molecular flexibility index (Phi) is 4.18. The maximum Gasteiger partial charge on any atom is 0.335 e. The quantitative estimate of drug-likeness (QED) is 0.741. The Hall–Kier alpha value is -2.93. The number of rotatable bonds is 4. The first-order valence-corrected chi connectivity index (χ1v) is 7.58. The van der Waals surface area contributed by atoms with Gasteiger partial charge in [0.05, 0.1) is 23.4 Å². The zero-order valence-electron chi connectivity index (χ0n) is 13.0. The molecular weight excluding hydrogens is 351 g/mol. The van der Waals surface area contributed by atoms with Gasteiger partial charge in [0.15, 0.2) is 0 Å². The van der Waals surface area contributed by atoms with Crippen LogP contribution >= 0.6 is 11.6 Å². The minimum Gasteiger partial charge on any atom is -0.481 e. The second kappa shape index (κ2) is 6.18. The standard InChI is InChI=1S/C17H12ClFN2O4/c1-8-4-9(17(24)25)5-11(19)15(8)16-12(7-14(22)23)21-3-2-10(18)6-13(21)20-16/h2-6H,7H2,1H3,(H,22,23)(H,24,25). The van der Waals surface area contributed by atoms with Gasteiger partial charge in [0.2, 0.25) is 0 Å². The topological polar surface area (TPSA) is 91.9 Å². The van der Waals surface area contributed by atoms with Gasteiger partial charge >= 0.3 is 11.9 Å². The molecule has 8 heteroatoms. The Bertz CT molecular complexity index is 1010. The molecule has 0 fully saturated rings. The van der Waals surface area contributed by atoms with E-state index in [1.165, 1.54) is 16.5 Å². The molecule has 1 aromatic carbocycles. The Morgan fingerprint density at radius 2 is 2.00 bits per heavy atom. The Balaban J connectivity index is 2.31. The number of fused-ring (bicyclic) bond motifs is 1. The molecule has 0 saturated carbocycles. The molecule has 2 heterocycles. The summed E-state index contributed by atoms with van der Waals surface area (Å²) >= 11 is 5.94. The Morgan fingerprint density at radius 1 is 1.28 bits per heavy atom. The Labute approximate surface area is 146 Å². The number of hydrogen-bond donors (Lipinski definition) is 2. The first-order chi connectivity index (χ1) is 11.8. The molecule has 0 aliphatic heterocycles. The van der Waals surface area contributed by atoms with Crippen molar-refractivity contribution in [1.82, 2.24) is 9.38 Å². The van der Waals surface area contributed by atoms with Gasteiger partial charge in [0.25, 0.3) is 0 Å². The van der Waals surface area contributed by atoms with Crippen molar-refractivity contribution in [2.24, 2.45) is 0 Å². The van der Waals surface area contributed by atoms with Crippen molar-refractivity contribution < 1.29 is 24.2 Å². The van der Waals surface area contributed by atoms with Crippen LogP contribution in [0.4, 0.5) is 4.39 Å². The molecule has 0 saturated heterocycles. The molecule has 2 aromatic heterocycles. The van der Waals surface area contributed by atoms with Gasteiger partial charge < -0.3 is 14.6 Å². The highest BCUT2D eigenvalue weighted by Gasteiger charge is 2.22. The Morgan fingerprint density at radius 3 is 2.60 bits per heavy atom. The fraction of sp³-hybridized carbons (Fsp3) is 0.118. The van der Waals surface area contributed by atoms with E-state index in [0.717, 1.165) is 6.07 Å². The third-order valence-corrected chi connectivity index (χ3v) is 4.01. The first-order valence-electron chi connectivity index (χ1n) is 7.20. The van der Waals surface area contributed by atoms with Crippen LogP contribution in [0.5, 0.6) is 0 Å². The number of benzene rings is 1. The summed E-state index contributed by atoms with van der Waals surface area (Å²) in [7, 11) is 0. The number of carboxylic acid groups (broad SMARTS) is 2. The molecule has 3 aromatic rings. The summed E-state index contributed by atoms with van der Waals surface area (Å²) < 4.78 is 16.1. The monoisotopic (exact) mass is 362 g/mol. The predicted molar refractivity (Wildman–Crippen MR) is 88.6 cm³/mol. The number of nitrogens with zero attached hydrogens (tertiary/aromatic N) is 2. The molecular formula is C17H12ClFN2O4. The van der Waals surface area contributed by atoms with E-state index < -0.39 is 17.8 Å². The molecule has 128 valence electrons. The average Bonchev–Trinajstić information content (AvgIpc) is 2.83. The van der Waals surface area contributed by atoms with Crippen molar-refractivity contribution in [3.8, 4) is 11.3 Å². The molecule has 0 bridgehead atoms. The number of carboxylic acids is 2. The highest BCUT2D eigenvalue weighted by molar-refractivity contribution is 6.30. The number of hydrogen-bond acceptors (Lipinski definition) is 3. The highest BCUT2D eigenvalue weighted by atomic mass is 35.5. The minimum absolute atomic E-state index is 0.0704. The van der Waals surface area contributed by atoms with Crippen LogP contribution in [0, 0.1) is 12.7 Å². The number of aryl methyl sites for hydroxylation is 1. The number of carbonyl (C=O) groups is 2.